The second-order valence-corrected chi connectivity index (χ2v) is 4.54. The SMILES string of the molecule is Cn1cnnc1CCNC(=O)c1ccc2cn[nH]c2c1. The van der Waals surface area contributed by atoms with Crippen molar-refractivity contribution in [2.24, 2.45) is 7.05 Å². The van der Waals surface area contributed by atoms with E-state index in [1.165, 1.54) is 0 Å². The number of nitrogens with one attached hydrogen (secondary N) is 2. The van der Waals surface area contributed by atoms with Crippen LogP contribution in [0.4, 0.5) is 0 Å². The topological polar surface area (TPSA) is 88.5 Å². The summed E-state index contributed by atoms with van der Waals surface area (Å²) >= 11 is 0. The summed E-state index contributed by atoms with van der Waals surface area (Å²) in [5, 5.41) is 18.4. The van der Waals surface area contributed by atoms with E-state index in [4.69, 9.17) is 0 Å². The van der Waals surface area contributed by atoms with Gasteiger partial charge in [-0.3, -0.25) is 9.89 Å². The van der Waals surface area contributed by atoms with Crippen molar-refractivity contribution in [3.8, 4) is 0 Å². The second kappa shape index (κ2) is 5.12. The lowest BCUT2D eigenvalue weighted by Gasteiger charge is -2.05. The molecule has 102 valence electrons. The molecular formula is C13H14N6O. The van der Waals surface area contributed by atoms with Gasteiger partial charge in [0.2, 0.25) is 0 Å². The van der Waals surface area contributed by atoms with Crippen LogP contribution in [0.15, 0.2) is 30.7 Å². The molecule has 0 fully saturated rings. The lowest BCUT2D eigenvalue weighted by Crippen LogP contribution is -2.26. The third kappa shape index (κ3) is 2.37. The Morgan fingerprint density at radius 1 is 1.45 bits per heavy atom. The number of carbonyl (C=O) groups is 1. The maximum absolute atomic E-state index is 12.0. The Kier molecular flexibility index (Phi) is 3.16. The molecule has 0 saturated heterocycles. The molecule has 3 rings (SSSR count). The fourth-order valence-electron chi connectivity index (χ4n) is 2.00. The highest BCUT2D eigenvalue weighted by Crippen LogP contribution is 2.12. The van der Waals surface area contributed by atoms with E-state index in [0.29, 0.717) is 18.5 Å². The first-order valence-corrected chi connectivity index (χ1v) is 6.28. The Hall–Kier alpha value is -2.70. The van der Waals surface area contributed by atoms with E-state index < -0.39 is 0 Å². The van der Waals surface area contributed by atoms with Gasteiger partial charge in [-0.1, -0.05) is 6.07 Å². The van der Waals surface area contributed by atoms with Crippen LogP contribution in [-0.4, -0.2) is 37.4 Å². The summed E-state index contributed by atoms with van der Waals surface area (Å²) < 4.78 is 1.84. The number of benzene rings is 1. The molecule has 0 bridgehead atoms. The summed E-state index contributed by atoms with van der Waals surface area (Å²) in [6.07, 6.45) is 4.02. The molecule has 7 heteroatoms. The van der Waals surface area contributed by atoms with E-state index in [1.54, 1.807) is 24.7 Å². The third-order valence-corrected chi connectivity index (χ3v) is 3.14. The van der Waals surface area contributed by atoms with Gasteiger partial charge >= 0.3 is 0 Å². The summed E-state index contributed by atoms with van der Waals surface area (Å²) in [5.74, 6) is 0.734. The Morgan fingerprint density at radius 2 is 2.35 bits per heavy atom. The monoisotopic (exact) mass is 270 g/mol. The number of fused-ring (bicyclic) bond motifs is 1. The van der Waals surface area contributed by atoms with Crippen molar-refractivity contribution in [2.45, 2.75) is 6.42 Å². The molecule has 1 amide bonds. The highest BCUT2D eigenvalue weighted by atomic mass is 16.1. The van der Waals surface area contributed by atoms with Crippen molar-refractivity contribution in [3.05, 3.63) is 42.1 Å². The summed E-state index contributed by atoms with van der Waals surface area (Å²) in [7, 11) is 1.88. The Balaban J connectivity index is 1.62. The molecule has 2 N–H and O–H groups in total. The van der Waals surface area contributed by atoms with Crippen molar-refractivity contribution in [1.82, 2.24) is 30.3 Å². The van der Waals surface area contributed by atoms with Gasteiger partial charge in [0, 0.05) is 31.0 Å². The van der Waals surface area contributed by atoms with E-state index in [-0.39, 0.29) is 5.91 Å². The van der Waals surface area contributed by atoms with Crippen LogP contribution in [0.25, 0.3) is 10.9 Å². The number of aromatic amines is 1. The fourth-order valence-corrected chi connectivity index (χ4v) is 2.00. The van der Waals surface area contributed by atoms with Crippen LogP contribution in [0, 0.1) is 0 Å². The molecule has 0 aliphatic carbocycles. The van der Waals surface area contributed by atoms with Gasteiger partial charge in [0.05, 0.1) is 11.7 Å². The van der Waals surface area contributed by atoms with Gasteiger partial charge in [0.15, 0.2) is 0 Å². The zero-order valence-corrected chi connectivity index (χ0v) is 11.0. The molecule has 0 aliphatic heterocycles. The number of hydrogen-bond acceptors (Lipinski definition) is 4. The van der Waals surface area contributed by atoms with Crippen LogP contribution in [0.2, 0.25) is 0 Å². The van der Waals surface area contributed by atoms with Crippen molar-refractivity contribution in [2.75, 3.05) is 6.54 Å². The number of rotatable bonds is 4. The quantitative estimate of drug-likeness (QED) is 0.729. The molecule has 20 heavy (non-hydrogen) atoms. The van der Waals surface area contributed by atoms with Crippen molar-refractivity contribution < 1.29 is 4.79 Å². The molecule has 0 radical (unpaired) electrons. The van der Waals surface area contributed by atoms with Gasteiger partial charge in [0.25, 0.3) is 5.91 Å². The minimum atomic E-state index is -0.108. The van der Waals surface area contributed by atoms with Crippen LogP contribution in [0.1, 0.15) is 16.2 Å². The molecule has 1 aromatic carbocycles. The average molecular weight is 270 g/mol. The summed E-state index contributed by atoms with van der Waals surface area (Å²) in [6.45, 7) is 0.520. The highest BCUT2D eigenvalue weighted by molar-refractivity contribution is 5.97. The van der Waals surface area contributed by atoms with E-state index in [9.17, 15) is 4.79 Å². The van der Waals surface area contributed by atoms with Gasteiger partial charge in [0.1, 0.15) is 12.2 Å². The largest absolute Gasteiger partial charge is 0.352 e. The van der Waals surface area contributed by atoms with Crippen LogP contribution in [0.3, 0.4) is 0 Å². The number of hydrogen-bond donors (Lipinski definition) is 2. The number of H-pyrrole nitrogens is 1. The van der Waals surface area contributed by atoms with Gasteiger partial charge in [-0.25, -0.2) is 0 Å². The van der Waals surface area contributed by atoms with Gasteiger partial charge < -0.3 is 9.88 Å². The van der Waals surface area contributed by atoms with Crippen molar-refractivity contribution in [1.29, 1.82) is 0 Å². The van der Waals surface area contributed by atoms with Crippen LogP contribution >= 0.6 is 0 Å². The van der Waals surface area contributed by atoms with E-state index in [2.05, 4.69) is 25.7 Å². The molecule has 0 aliphatic rings. The number of aromatic nitrogens is 5. The molecule has 0 atom stereocenters. The number of amides is 1. The lowest BCUT2D eigenvalue weighted by molar-refractivity contribution is 0.0954. The minimum Gasteiger partial charge on any atom is -0.352 e. The Bertz CT molecular complexity index is 744. The minimum absolute atomic E-state index is 0.108. The van der Waals surface area contributed by atoms with Crippen molar-refractivity contribution in [3.63, 3.8) is 0 Å². The highest BCUT2D eigenvalue weighted by Gasteiger charge is 2.07. The second-order valence-electron chi connectivity index (χ2n) is 4.54. The normalized spacial score (nSPS) is 10.8. The molecule has 2 heterocycles. The van der Waals surface area contributed by atoms with Crippen molar-refractivity contribution >= 4 is 16.8 Å². The smallest absolute Gasteiger partial charge is 0.251 e. The average Bonchev–Trinajstić information content (AvgIpc) is 3.07. The first-order chi connectivity index (χ1) is 9.74. The van der Waals surface area contributed by atoms with E-state index in [0.717, 1.165) is 16.7 Å². The van der Waals surface area contributed by atoms with Crippen LogP contribution < -0.4 is 5.32 Å². The Labute approximate surface area is 115 Å². The predicted octanol–water partition coefficient (Wildman–Crippen LogP) is 0.664. The molecule has 7 nitrogen and oxygen atoms in total. The standard InChI is InChI=1S/C13H14N6O/c1-19-8-16-18-12(19)4-5-14-13(20)9-2-3-10-7-15-17-11(10)6-9/h2-3,6-8H,4-5H2,1H3,(H,14,20)(H,15,17). The Morgan fingerprint density at radius 3 is 3.15 bits per heavy atom. The molecule has 0 saturated carbocycles. The van der Waals surface area contributed by atoms with E-state index >= 15 is 0 Å². The van der Waals surface area contributed by atoms with Gasteiger partial charge in [-0.05, 0) is 12.1 Å². The zero-order valence-electron chi connectivity index (χ0n) is 11.0. The molecule has 3 aromatic rings. The zero-order chi connectivity index (χ0) is 13.9. The van der Waals surface area contributed by atoms with Gasteiger partial charge in [-0.2, -0.15) is 5.10 Å². The molecule has 2 aromatic heterocycles. The lowest BCUT2D eigenvalue weighted by atomic mass is 10.1. The van der Waals surface area contributed by atoms with E-state index in [1.807, 2.05) is 17.7 Å². The summed E-state index contributed by atoms with van der Waals surface area (Å²) in [4.78, 5) is 12.0. The first-order valence-electron chi connectivity index (χ1n) is 6.28. The molecular weight excluding hydrogens is 256 g/mol. The maximum Gasteiger partial charge on any atom is 0.251 e. The van der Waals surface area contributed by atoms with Gasteiger partial charge in [-0.15, -0.1) is 10.2 Å². The van der Waals surface area contributed by atoms with Crippen LogP contribution in [-0.2, 0) is 13.5 Å². The summed E-state index contributed by atoms with van der Waals surface area (Å²) in [6, 6.07) is 5.45. The third-order valence-electron chi connectivity index (χ3n) is 3.14. The summed E-state index contributed by atoms with van der Waals surface area (Å²) in [5.41, 5.74) is 1.46. The maximum atomic E-state index is 12.0. The number of nitrogens with zero attached hydrogens (tertiary/aromatic N) is 4. The number of aryl methyl sites for hydroxylation is 1. The van der Waals surface area contributed by atoms with Crippen LogP contribution in [0.5, 0.6) is 0 Å². The number of carbonyl (C=O) groups excluding carboxylic acids is 1. The fraction of sp³-hybridized carbons (Fsp3) is 0.231. The first kappa shape index (κ1) is 12.3. The molecule has 0 spiro atoms. The predicted molar refractivity (Wildman–Crippen MR) is 73.1 cm³/mol. The molecule has 0 unspecified atom stereocenters.